The number of carbonyl (C=O) groups excluding carboxylic acids is 1. The van der Waals surface area contributed by atoms with Crippen molar-refractivity contribution in [2.45, 2.75) is 35.7 Å². The number of nitrogens with zero attached hydrogens (tertiary/aromatic N) is 2. The number of sulfonamides is 1. The smallest absolute Gasteiger partial charge is 0.272 e. The van der Waals surface area contributed by atoms with Gasteiger partial charge in [0.25, 0.3) is 5.56 Å². The molecule has 0 saturated carbocycles. The van der Waals surface area contributed by atoms with E-state index in [1.165, 1.54) is 47.4 Å². The number of rotatable bonds is 8. The lowest BCUT2D eigenvalue weighted by molar-refractivity contribution is -0.115. The fourth-order valence-corrected chi connectivity index (χ4v) is 6.50. The number of amides is 1. The zero-order valence-electron chi connectivity index (χ0n) is 21.7. The summed E-state index contributed by atoms with van der Waals surface area (Å²) in [5.74, 6) is -0.320. The van der Waals surface area contributed by atoms with Crippen LogP contribution in [0.5, 0.6) is 0 Å². The number of thioether (sulfide) groups is 1. The summed E-state index contributed by atoms with van der Waals surface area (Å²) in [7, 11) is -3.83. The van der Waals surface area contributed by atoms with Gasteiger partial charge in [0.15, 0.2) is 5.16 Å². The Hall–Kier alpha value is -3.77. The molecule has 0 aliphatic rings. The van der Waals surface area contributed by atoms with Gasteiger partial charge in [0.2, 0.25) is 15.9 Å². The van der Waals surface area contributed by atoms with Crippen LogP contribution in [0.1, 0.15) is 18.1 Å². The number of anilines is 1. The zero-order valence-corrected chi connectivity index (χ0v) is 24.1. The van der Waals surface area contributed by atoms with Crippen LogP contribution in [0, 0.1) is 6.92 Å². The van der Waals surface area contributed by atoms with Crippen molar-refractivity contribution in [2.75, 3.05) is 5.32 Å². The molecule has 1 atom stereocenters. The standard InChI is InChI=1S/C29H26N4O4S3/c1-18-8-10-21(11-9-18)25-16-24-26(39-25)28(35)33(17-20-6-4-3-5-7-20)29(32-24)38-19(2)27(34)31-22-12-14-23(15-13-22)40(30,36)37/h3-16,19H,17H2,1-2H3,(H,31,34)(H2,30,36,37). The fraction of sp³-hybridized carbons (Fsp3) is 0.138. The Morgan fingerprint density at radius 1 is 1.05 bits per heavy atom. The van der Waals surface area contributed by atoms with Crippen LogP contribution in [0.4, 0.5) is 5.69 Å². The summed E-state index contributed by atoms with van der Waals surface area (Å²) in [6.45, 7) is 4.07. The zero-order chi connectivity index (χ0) is 28.4. The molecule has 0 spiro atoms. The minimum Gasteiger partial charge on any atom is -0.325 e. The normalized spacial score (nSPS) is 12.4. The van der Waals surface area contributed by atoms with Crippen LogP contribution in [-0.2, 0) is 21.4 Å². The van der Waals surface area contributed by atoms with Crippen molar-refractivity contribution >= 4 is 54.9 Å². The molecule has 2 heterocycles. The number of hydrogen-bond acceptors (Lipinski definition) is 7. The summed E-state index contributed by atoms with van der Waals surface area (Å²) < 4.78 is 25.2. The quantitative estimate of drug-likeness (QED) is 0.188. The molecule has 5 rings (SSSR count). The molecule has 0 saturated heterocycles. The van der Waals surface area contributed by atoms with Gasteiger partial charge in [0.1, 0.15) is 4.70 Å². The summed E-state index contributed by atoms with van der Waals surface area (Å²) in [5, 5.41) is 7.76. The molecule has 1 amide bonds. The maximum Gasteiger partial charge on any atom is 0.272 e. The van der Waals surface area contributed by atoms with Crippen LogP contribution in [0.15, 0.2) is 99.8 Å². The van der Waals surface area contributed by atoms with Crippen LogP contribution >= 0.6 is 23.1 Å². The monoisotopic (exact) mass is 590 g/mol. The van der Waals surface area contributed by atoms with Gasteiger partial charge in [-0.25, -0.2) is 18.5 Å². The van der Waals surface area contributed by atoms with E-state index in [1.54, 1.807) is 11.5 Å². The minimum absolute atomic E-state index is 0.0453. The average molecular weight is 591 g/mol. The fourth-order valence-electron chi connectivity index (χ4n) is 4.03. The van der Waals surface area contributed by atoms with Crippen molar-refractivity contribution < 1.29 is 13.2 Å². The van der Waals surface area contributed by atoms with Gasteiger partial charge in [-0.2, -0.15) is 0 Å². The number of carbonyl (C=O) groups is 1. The third-order valence-corrected chi connectivity index (χ3v) is 9.40. The number of nitrogens with two attached hydrogens (primary N) is 1. The van der Waals surface area contributed by atoms with Crippen LogP contribution in [0.2, 0.25) is 0 Å². The lowest BCUT2D eigenvalue weighted by Crippen LogP contribution is -2.27. The molecule has 3 N–H and O–H groups in total. The lowest BCUT2D eigenvalue weighted by atomic mass is 10.1. The molecule has 204 valence electrons. The molecule has 0 fully saturated rings. The molecule has 40 heavy (non-hydrogen) atoms. The number of thiophene rings is 1. The van der Waals surface area contributed by atoms with Crippen molar-refractivity contribution in [3.05, 3.63) is 106 Å². The van der Waals surface area contributed by atoms with Gasteiger partial charge in [0.05, 0.1) is 22.2 Å². The Morgan fingerprint density at radius 3 is 2.38 bits per heavy atom. The molecule has 8 nitrogen and oxygen atoms in total. The van der Waals surface area contributed by atoms with Crippen molar-refractivity contribution in [1.29, 1.82) is 0 Å². The molecule has 1 unspecified atom stereocenters. The topological polar surface area (TPSA) is 124 Å². The second kappa shape index (κ2) is 11.4. The van der Waals surface area contributed by atoms with E-state index in [0.29, 0.717) is 27.6 Å². The first-order chi connectivity index (χ1) is 19.1. The highest BCUT2D eigenvalue weighted by Crippen LogP contribution is 2.33. The Balaban J connectivity index is 1.47. The van der Waals surface area contributed by atoms with Gasteiger partial charge in [-0.3, -0.25) is 14.2 Å². The van der Waals surface area contributed by atoms with Gasteiger partial charge in [-0.05, 0) is 55.3 Å². The summed E-state index contributed by atoms with van der Waals surface area (Å²) in [4.78, 5) is 32.6. The second-order valence-electron chi connectivity index (χ2n) is 9.28. The number of primary sulfonamides is 1. The number of aromatic nitrogens is 2. The van der Waals surface area contributed by atoms with E-state index in [4.69, 9.17) is 10.1 Å². The maximum atomic E-state index is 13.8. The molecule has 0 aliphatic heterocycles. The minimum atomic E-state index is -3.83. The number of benzene rings is 3. The summed E-state index contributed by atoms with van der Waals surface area (Å²) in [6.07, 6.45) is 0. The first-order valence-corrected chi connectivity index (χ1v) is 15.6. The molecule has 0 aliphatic carbocycles. The maximum absolute atomic E-state index is 13.8. The number of aryl methyl sites for hydroxylation is 1. The summed E-state index contributed by atoms with van der Waals surface area (Å²) in [5.41, 5.74) is 3.96. The predicted octanol–water partition coefficient (Wildman–Crippen LogP) is 5.25. The van der Waals surface area contributed by atoms with Crippen LogP contribution in [-0.4, -0.2) is 29.1 Å². The third-order valence-electron chi connectivity index (χ3n) is 6.22. The van der Waals surface area contributed by atoms with E-state index < -0.39 is 15.3 Å². The van der Waals surface area contributed by atoms with E-state index in [-0.39, 0.29) is 16.4 Å². The van der Waals surface area contributed by atoms with Gasteiger partial charge in [-0.15, -0.1) is 11.3 Å². The molecule has 0 bridgehead atoms. The lowest BCUT2D eigenvalue weighted by Gasteiger charge is -2.16. The summed E-state index contributed by atoms with van der Waals surface area (Å²) >= 11 is 2.60. The van der Waals surface area contributed by atoms with E-state index >= 15 is 0 Å². The van der Waals surface area contributed by atoms with Gasteiger partial charge in [-0.1, -0.05) is 71.9 Å². The molecular weight excluding hydrogens is 565 g/mol. The highest BCUT2D eigenvalue weighted by molar-refractivity contribution is 8.00. The molecule has 0 radical (unpaired) electrons. The van der Waals surface area contributed by atoms with Gasteiger partial charge in [0, 0.05) is 10.6 Å². The van der Waals surface area contributed by atoms with E-state index in [1.807, 2.05) is 67.6 Å². The number of nitrogens with one attached hydrogen (secondary N) is 1. The van der Waals surface area contributed by atoms with Crippen LogP contribution < -0.4 is 16.0 Å². The molecular formula is C29H26N4O4S3. The van der Waals surface area contributed by atoms with Crippen LogP contribution in [0.3, 0.4) is 0 Å². The molecule has 2 aromatic heterocycles. The molecule has 11 heteroatoms. The third kappa shape index (κ3) is 6.18. The number of fused-ring (bicyclic) bond motifs is 1. The Kier molecular flexibility index (Phi) is 7.90. The van der Waals surface area contributed by atoms with Crippen molar-refractivity contribution in [3.8, 4) is 10.4 Å². The second-order valence-corrected chi connectivity index (χ2v) is 13.2. The molecule has 5 aromatic rings. The van der Waals surface area contributed by atoms with E-state index in [9.17, 15) is 18.0 Å². The average Bonchev–Trinajstić information content (AvgIpc) is 3.36. The summed E-state index contributed by atoms with van der Waals surface area (Å²) in [6, 6.07) is 25.3. The first-order valence-electron chi connectivity index (χ1n) is 12.3. The largest absolute Gasteiger partial charge is 0.325 e. The van der Waals surface area contributed by atoms with Crippen molar-refractivity contribution in [1.82, 2.24) is 9.55 Å². The Bertz CT molecular complexity index is 1850. The van der Waals surface area contributed by atoms with Gasteiger partial charge < -0.3 is 5.32 Å². The van der Waals surface area contributed by atoms with Crippen molar-refractivity contribution in [2.24, 2.45) is 5.14 Å². The predicted molar refractivity (Wildman–Crippen MR) is 161 cm³/mol. The SMILES string of the molecule is Cc1ccc(-c2cc3nc(SC(C)C(=O)Nc4ccc(S(N)(=O)=O)cc4)n(Cc4ccccc4)c(=O)c3s2)cc1. The highest BCUT2D eigenvalue weighted by Gasteiger charge is 2.21. The van der Waals surface area contributed by atoms with Gasteiger partial charge >= 0.3 is 0 Å². The van der Waals surface area contributed by atoms with E-state index in [0.717, 1.165) is 21.6 Å². The molecule has 3 aromatic carbocycles. The Morgan fingerprint density at radius 2 is 1.73 bits per heavy atom. The van der Waals surface area contributed by atoms with Crippen LogP contribution in [0.25, 0.3) is 20.7 Å². The highest BCUT2D eigenvalue weighted by atomic mass is 32.2. The first kappa shape index (κ1) is 27.8. The van der Waals surface area contributed by atoms with E-state index in [2.05, 4.69) is 5.32 Å². The van der Waals surface area contributed by atoms with Crippen molar-refractivity contribution in [3.63, 3.8) is 0 Å². The number of hydrogen-bond donors (Lipinski definition) is 2. The Labute approximate surface area is 239 Å².